The first kappa shape index (κ1) is 14.4. The molecular formula is C12H22N2O2S. The van der Waals surface area contributed by atoms with E-state index in [1.807, 2.05) is 20.1 Å². The lowest BCUT2D eigenvalue weighted by molar-refractivity contribution is 0.283. The van der Waals surface area contributed by atoms with Gasteiger partial charge in [0.25, 0.3) is 0 Å². The minimum atomic E-state index is -0.0634. The van der Waals surface area contributed by atoms with Gasteiger partial charge in [0.15, 0.2) is 5.37 Å². The molecule has 0 aromatic heterocycles. The van der Waals surface area contributed by atoms with Crippen molar-refractivity contribution in [1.29, 1.82) is 0 Å². The van der Waals surface area contributed by atoms with Gasteiger partial charge >= 0.3 is 0 Å². The molecule has 1 aliphatic heterocycles. The molecule has 0 saturated heterocycles. The summed E-state index contributed by atoms with van der Waals surface area (Å²) in [6.07, 6.45) is 2.00. The first-order valence-electron chi connectivity index (χ1n) is 6.07. The Labute approximate surface area is 108 Å². The van der Waals surface area contributed by atoms with Gasteiger partial charge in [0.05, 0.1) is 13.2 Å². The summed E-state index contributed by atoms with van der Waals surface area (Å²) in [6.45, 7) is 9.42. The van der Waals surface area contributed by atoms with Crippen LogP contribution in [0.15, 0.2) is 9.98 Å². The topological polar surface area (TPSA) is 43.2 Å². The minimum Gasteiger partial charge on any atom is -0.480 e. The first-order valence-corrected chi connectivity index (χ1v) is 7.36. The summed E-state index contributed by atoms with van der Waals surface area (Å²) < 4.78 is 11.1. The SMILES string of the molecule is CCOC1=N[C@@H](SC)C(OCC)=N[C@H]1C(C)C. The highest BCUT2D eigenvalue weighted by Crippen LogP contribution is 2.22. The van der Waals surface area contributed by atoms with Crippen molar-refractivity contribution in [1.82, 2.24) is 0 Å². The minimum absolute atomic E-state index is 0.0140. The van der Waals surface area contributed by atoms with E-state index < -0.39 is 0 Å². The standard InChI is InChI=1S/C12H22N2O2S/c1-6-15-10-9(8(3)4)13-11(16-7-2)12(14-10)17-5/h8-9,12H,6-7H2,1-5H3/t9-,12-/m0/s1. The van der Waals surface area contributed by atoms with Crippen molar-refractivity contribution in [2.75, 3.05) is 19.5 Å². The Hall–Kier alpha value is -0.710. The van der Waals surface area contributed by atoms with Crippen molar-refractivity contribution < 1.29 is 9.47 Å². The molecule has 4 nitrogen and oxygen atoms in total. The van der Waals surface area contributed by atoms with Gasteiger partial charge in [-0.15, -0.1) is 11.8 Å². The average molecular weight is 258 g/mol. The van der Waals surface area contributed by atoms with Crippen molar-refractivity contribution in [3.05, 3.63) is 0 Å². The van der Waals surface area contributed by atoms with E-state index in [1.54, 1.807) is 11.8 Å². The van der Waals surface area contributed by atoms with Gasteiger partial charge in [-0.2, -0.15) is 0 Å². The van der Waals surface area contributed by atoms with Crippen molar-refractivity contribution in [3.8, 4) is 0 Å². The van der Waals surface area contributed by atoms with Crippen LogP contribution in [0.2, 0.25) is 0 Å². The molecule has 0 saturated carbocycles. The second kappa shape index (κ2) is 6.89. The molecule has 0 spiro atoms. The van der Waals surface area contributed by atoms with Gasteiger partial charge in [-0.05, 0) is 26.0 Å². The van der Waals surface area contributed by atoms with E-state index in [4.69, 9.17) is 9.47 Å². The summed E-state index contributed by atoms with van der Waals surface area (Å²) in [5, 5.41) is -0.0634. The third kappa shape index (κ3) is 3.63. The molecule has 5 heteroatoms. The van der Waals surface area contributed by atoms with Gasteiger partial charge in [-0.1, -0.05) is 13.8 Å². The zero-order chi connectivity index (χ0) is 12.8. The lowest BCUT2D eigenvalue weighted by Gasteiger charge is -2.27. The fourth-order valence-corrected chi connectivity index (χ4v) is 2.16. The first-order chi connectivity index (χ1) is 8.13. The Morgan fingerprint density at radius 3 is 2.18 bits per heavy atom. The van der Waals surface area contributed by atoms with Crippen LogP contribution in [0.1, 0.15) is 27.7 Å². The molecule has 1 rings (SSSR count). The smallest absolute Gasteiger partial charge is 0.220 e. The van der Waals surface area contributed by atoms with E-state index in [1.165, 1.54) is 0 Å². The lowest BCUT2D eigenvalue weighted by atomic mass is 10.0. The van der Waals surface area contributed by atoms with Gasteiger partial charge in [-0.3, -0.25) is 0 Å². The molecule has 0 bridgehead atoms. The Bertz CT molecular complexity index is 303. The average Bonchev–Trinajstić information content (AvgIpc) is 2.30. The lowest BCUT2D eigenvalue weighted by Crippen LogP contribution is -2.37. The summed E-state index contributed by atoms with van der Waals surface area (Å²) in [4.78, 5) is 9.24. The molecule has 0 amide bonds. The highest BCUT2D eigenvalue weighted by Gasteiger charge is 2.30. The molecule has 0 aromatic rings. The molecule has 0 aromatic carbocycles. The van der Waals surface area contributed by atoms with E-state index >= 15 is 0 Å². The Morgan fingerprint density at radius 1 is 1.12 bits per heavy atom. The molecule has 1 heterocycles. The van der Waals surface area contributed by atoms with Crippen molar-refractivity contribution in [3.63, 3.8) is 0 Å². The normalized spacial score (nSPS) is 24.4. The number of ether oxygens (including phenoxy) is 2. The molecule has 0 aliphatic carbocycles. The summed E-state index contributed by atoms with van der Waals surface area (Å²) in [5.74, 6) is 1.83. The number of thioether (sulfide) groups is 1. The van der Waals surface area contributed by atoms with E-state index in [9.17, 15) is 0 Å². The quantitative estimate of drug-likeness (QED) is 0.778. The number of hydrogen-bond acceptors (Lipinski definition) is 5. The van der Waals surface area contributed by atoms with Gasteiger partial charge in [0.2, 0.25) is 11.8 Å². The van der Waals surface area contributed by atoms with Gasteiger partial charge in [0.1, 0.15) is 6.04 Å². The number of nitrogens with zero attached hydrogens (tertiary/aromatic N) is 2. The largest absolute Gasteiger partial charge is 0.480 e. The van der Waals surface area contributed by atoms with Crippen LogP contribution in [-0.4, -0.2) is 42.7 Å². The zero-order valence-corrected chi connectivity index (χ0v) is 12.1. The molecule has 0 fully saturated rings. The highest BCUT2D eigenvalue weighted by molar-refractivity contribution is 7.99. The maximum atomic E-state index is 5.59. The van der Waals surface area contributed by atoms with Crippen LogP contribution < -0.4 is 0 Å². The second-order valence-corrected chi connectivity index (χ2v) is 5.00. The van der Waals surface area contributed by atoms with Crippen LogP contribution in [0.25, 0.3) is 0 Å². The summed E-state index contributed by atoms with van der Waals surface area (Å²) in [6, 6.07) is -0.0140. The Morgan fingerprint density at radius 2 is 1.71 bits per heavy atom. The van der Waals surface area contributed by atoms with Gasteiger partial charge < -0.3 is 9.47 Å². The van der Waals surface area contributed by atoms with Crippen LogP contribution in [0.3, 0.4) is 0 Å². The maximum Gasteiger partial charge on any atom is 0.220 e. The van der Waals surface area contributed by atoms with Crippen LogP contribution in [0, 0.1) is 5.92 Å². The fraction of sp³-hybridized carbons (Fsp3) is 0.833. The van der Waals surface area contributed by atoms with E-state index in [0.29, 0.717) is 19.1 Å². The van der Waals surface area contributed by atoms with Gasteiger partial charge in [-0.25, -0.2) is 9.98 Å². The summed E-state index contributed by atoms with van der Waals surface area (Å²) in [5.41, 5.74) is 0. The van der Waals surface area contributed by atoms with Gasteiger partial charge in [0, 0.05) is 0 Å². The molecule has 0 unspecified atom stereocenters. The Kier molecular flexibility index (Phi) is 5.82. The van der Waals surface area contributed by atoms with Crippen LogP contribution in [0.5, 0.6) is 0 Å². The third-order valence-corrected chi connectivity index (χ3v) is 3.17. The monoisotopic (exact) mass is 258 g/mol. The van der Waals surface area contributed by atoms with Crippen molar-refractivity contribution in [2.24, 2.45) is 15.9 Å². The molecule has 1 aliphatic rings. The highest BCUT2D eigenvalue weighted by atomic mass is 32.2. The summed E-state index contributed by atoms with van der Waals surface area (Å²) in [7, 11) is 0. The third-order valence-electron chi connectivity index (χ3n) is 2.41. The van der Waals surface area contributed by atoms with E-state index in [-0.39, 0.29) is 11.4 Å². The molecule has 0 radical (unpaired) electrons. The predicted octanol–water partition coefficient (Wildman–Crippen LogP) is 2.58. The molecular weight excluding hydrogens is 236 g/mol. The number of rotatable bonds is 4. The molecule has 0 N–H and O–H groups in total. The molecule has 17 heavy (non-hydrogen) atoms. The zero-order valence-electron chi connectivity index (χ0n) is 11.3. The second-order valence-electron chi connectivity index (χ2n) is 4.08. The van der Waals surface area contributed by atoms with Crippen molar-refractivity contribution in [2.45, 2.75) is 39.1 Å². The summed E-state index contributed by atoms with van der Waals surface area (Å²) >= 11 is 1.61. The molecule has 98 valence electrons. The maximum absolute atomic E-state index is 5.59. The fourth-order valence-electron chi connectivity index (χ4n) is 1.62. The number of hydrogen-bond donors (Lipinski definition) is 0. The predicted molar refractivity (Wildman–Crippen MR) is 74.1 cm³/mol. The van der Waals surface area contributed by atoms with Crippen molar-refractivity contribution >= 4 is 23.6 Å². The van der Waals surface area contributed by atoms with Crippen LogP contribution >= 0.6 is 11.8 Å². The number of aliphatic imine (C=N–C) groups is 2. The van der Waals surface area contributed by atoms with Crippen LogP contribution in [-0.2, 0) is 9.47 Å². The van der Waals surface area contributed by atoms with E-state index in [0.717, 1.165) is 11.8 Å². The van der Waals surface area contributed by atoms with E-state index in [2.05, 4.69) is 23.8 Å². The Balaban J connectivity index is 2.92. The van der Waals surface area contributed by atoms with Crippen LogP contribution in [0.4, 0.5) is 0 Å². The molecule has 2 atom stereocenters.